The molecule has 0 atom stereocenters. The largest absolute Gasteiger partial charge is 0.478 e. The molecule has 0 aliphatic rings. The maximum Gasteiger partial charge on any atom is 0.335 e. The monoisotopic (exact) mass is 405 g/mol. The minimum atomic E-state index is -1.05. The third-order valence-corrected chi connectivity index (χ3v) is 4.02. The van der Waals surface area contributed by atoms with Crippen LogP contribution in [-0.4, -0.2) is 38.9 Å². The normalized spacial score (nSPS) is 9.48. The molecule has 1 amide bonds. The molecule has 4 N–H and O–H groups in total. The number of hydrogen-bond donors (Lipinski definition) is 4. The van der Waals surface area contributed by atoms with E-state index in [0.29, 0.717) is 4.34 Å². The number of anilines is 1. The number of carboxylic acid groups (broad SMARTS) is 1. The SMILES string of the molecule is Nc1nnc(SNC(=O)CO[N+](=O)[O-])s1.O=C(O)c1ccc(S)cc1. The molecule has 0 aliphatic heterocycles. The first-order chi connectivity index (χ1) is 11.8. The van der Waals surface area contributed by atoms with Gasteiger partial charge in [-0.1, -0.05) is 11.3 Å². The summed E-state index contributed by atoms with van der Waals surface area (Å²) in [6, 6.07) is 6.33. The molecule has 2 rings (SSSR count). The minimum absolute atomic E-state index is 0.272. The molecule has 0 spiro atoms. The molecule has 134 valence electrons. The predicted octanol–water partition coefficient (Wildman–Crippen LogP) is 1.13. The molecule has 1 aromatic carbocycles. The third-order valence-electron chi connectivity index (χ3n) is 2.09. The molecular weight excluding hydrogens is 394 g/mol. The Balaban J connectivity index is 0.000000271. The van der Waals surface area contributed by atoms with Crippen molar-refractivity contribution in [1.29, 1.82) is 0 Å². The van der Waals surface area contributed by atoms with Gasteiger partial charge in [-0.2, -0.15) is 0 Å². The highest BCUT2D eigenvalue weighted by molar-refractivity contribution is 7.99. The molecule has 0 aliphatic carbocycles. The number of benzene rings is 1. The number of rotatable bonds is 6. The van der Waals surface area contributed by atoms with Crippen molar-refractivity contribution in [2.45, 2.75) is 9.24 Å². The number of carbonyl (C=O) groups is 2. The second kappa shape index (κ2) is 10.3. The number of nitrogens with two attached hydrogens (primary N) is 1. The van der Waals surface area contributed by atoms with Crippen molar-refractivity contribution in [3.05, 3.63) is 39.9 Å². The van der Waals surface area contributed by atoms with Crippen LogP contribution in [0.4, 0.5) is 5.13 Å². The number of thiol groups is 1. The lowest BCUT2D eigenvalue weighted by atomic mass is 10.2. The number of aromatic carboxylic acids is 1. The van der Waals surface area contributed by atoms with E-state index < -0.39 is 23.6 Å². The zero-order valence-corrected chi connectivity index (χ0v) is 14.7. The van der Waals surface area contributed by atoms with Gasteiger partial charge in [0, 0.05) is 16.8 Å². The Morgan fingerprint density at radius 1 is 1.40 bits per heavy atom. The summed E-state index contributed by atoms with van der Waals surface area (Å²) in [6.45, 7) is -0.658. The molecule has 11 nitrogen and oxygen atoms in total. The molecule has 0 bridgehead atoms. The summed E-state index contributed by atoms with van der Waals surface area (Å²) in [5.74, 6) is -1.56. The predicted molar refractivity (Wildman–Crippen MR) is 91.9 cm³/mol. The summed E-state index contributed by atoms with van der Waals surface area (Å²) in [7, 11) is 0. The fourth-order valence-electron chi connectivity index (χ4n) is 1.11. The van der Waals surface area contributed by atoms with Crippen molar-refractivity contribution in [2.24, 2.45) is 0 Å². The van der Waals surface area contributed by atoms with Gasteiger partial charge >= 0.3 is 5.97 Å². The van der Waals surface area contributed by atoms with Crippen LogP contribution in [0, 0.1) is 10.1 Å². The number of amides is 1. The Bertz CT molecular complexity index is 738. The van der Waals surface area contributed by atoms with Crippen molar-refractivity contribution >= 4 is 52.9 Å². The highest BCUT2D eigenvalue weighted by atomic mass is 32.2. The van der Waals surface area contributed by atoms with Gasteiger partial charge in [-0.05, 0) is 24.3 Å². The van der Waals surface area contributed by atoms with E-state index in [1.807, 2.05) is 0 Å². The molecule has 1 aromatic heterocycles. The summed E-state index contributed by atoms with van der Waals surface area (Å²) in [6.07, 6.45) is 0. The van der Waals surface area contributed by atoms with E-state index in [1.54, 1.807) is 12.1 Å². The molecule has 1 heterocycles. The van der Waals surface area contributed by atoms with E-state index in [-0.39, 0.29) is 10.7 Å². The summed E-state index contributed by atoms with van der Waals surface area (Å²) in [5.41, 5.74) is 5.58. The quantitative estimate of drug-likeness (QED) is 0.236. The Morgan fingerprint density at radius 3 is 2.52 bits per heavy atom. The van der Waals surface area contributed by atoms with Gasteiger partial charge in [0.15, 0.2) is 10.9 Å². The van der Waals surface area contributed by atoms with Crippen LogP contribution >= 0.6 is 35.9 Å². The Labute approximate surface area is 154 Å². The first-order valence-corrected chi connectivity index (χ1v) is 8.20. The standard InChI is InChI=1S/C7H6O2S.C4H5N5O4S2/c8-7(9)5-1-3-6(10)4-2-5;5-3-6-7-4(14-3)15-8-2(10)1-13-9(11)12/h1-4,10H,(H,8,9);1H2,(H2,5,6)(H,8,10). The molecule has 25 heavy (non-hydrogen) atoms. The Kier molecular flexibility index (Phi) is 8.45. The lowest BCUT2D eigenvalue weighted by Gasteiger charge is -1.99. The van der Waals surface area contributed by atoms with E-state index in [1.165, 1.54) is 12.1 Å². The highest BCUT2D eigenvalue weighted by Gasteiger charge is 2.07. The lowest BCUT2D eigenvalue weighted by Crippen LogP contribution is -2.23. The molecule has 14 heteroatoms. The van der Waals surface area contributed by atoms with E-state index in [0.717, 1.165) is 28.2 Å². The molecule has 0 fully saturated rings. The molecule has 0 unspecified atom stereocenters. The Morgan fingerprint density at radius 2 is 2.04 bits per heavy atom. The number of nitrogens with zero attached hydrogens (tertiary/aromatic N) is 3. The summed E-state index contributed by atoms with van der Waals surface area (Å²) in [5, 5.41) is 24.5. The zero-order chi connectivity index (χ0) is 18.8. The van der Waals surface area contributed by atoms with Gasteiger partial charge in [-0.15, -0.1) is 32.9 Å². The van der Waals surface area contributed by atoms with Crippen molar-refractivity contribution in [2.75, 3.05) is 12.3 Å². The number of carboxylic acids is 1. The van der Waals surface area contributed by atoms with Gasteiger partial charge < -0.3 is 15.7 Å². The van der Waals surface area contributed by atoms with Crippen LogP contribution < -0.4 is 10.5 Å². The number of carbonyl (C=O) groups excluding carboxylic acids is 1. The molecule has 0 radical (unpaired) electrons. The second-order valence-electron chi connectivity index (χ2n) is 3.88. The van der Waals surface area contributed by atoms with Crippen molar-refractivity contribution in [3.63, 3.8) is 0 Å². The van der Waals surface area contributed by atoms with Gasteiger partial charge in [0.05, 0.1) is 5.56 Å². The van der Waals surface area contributed by atoms with Crippen molar-refractivity contribution in [1.82, 2.24) is 14.9 Å². The Hall–Kier alpha value is -2.58. The van der Waals surface area contributed by atoms with E-state index in [9.17, 15) is 19.7 Å². The second-order valence-corrected chi connectivity index (χ2v) is 6.46. The molecule has 0 saturated carbocycles. The summed E-state index contributed by atoms with van der Waals surface area (Å²) in [4.78, 5) is 35.5. The van der Waals surface area contributed by atoms with Gasteiger partial charge in [0.1, 0.15) is 0 Å². The van der Waals surface area contributed by atoms with Crippen LogP contribution in [-0.2, 0) is 9.63 Å². The van der Waals surface area contributed by atoms with Crippen LogP contribution in [0.15, 0.2) is 33.5 Å². The maximum absolute atomic E-state index is 10.9. The van der Waals surface area contributed by atoms with Crippen LogP contribution in [0.5, 0.6) is 0 Å². The lowest BCUT2D eigenvalue weighted by molar-refractivity contribution is -0.754. The fourth-order valence-corrected chi connectivity index (χ4v) is 2.49. The molecule has 0 saturated heterocycles. The maximum atomic E-state index is 10.9. The van der Waals surface area contributed by atoms with Crippen molar-refractivity contribution < 1.29 is 24.6 Å². The van der Waals surface area contributed by atoms with Crippen LogP contribution in [0.25, 0.3) is 0 Å². The van der Waals surface area contributed by atoms with Crippen LogP contribution in [0.2, 0.25) is 0 Å². The minimum Gasteiger partial charge on any atom is -0.478 e. The highest BCUT2D eigenvalue weighted by Crippen LogP contribution is 2.20. The number of hydrogen-bond acceptors (Lipinski definition) is 11. The molecule has 2 aromatic rings. The first kappa shape index (κ1) is 20.5. The van der Waals surface area contributed by atoms with Gasteiger partial charge in [0.2, 0.25) is 5.13 Å². The van der Waals surface area contributed by atoms with Gasteiger partial charge in [0.25, 0.3) is 11.0 Å². The summed E-state index contributed by atoms with van der Waals surface area (Å²) < 4.78 is 2.70. The van der Waals surface area contributed by atoms with E-state index in [4.69, 9.17) is 10.8 Å². The zero-order valence-electron chi connectivity index (χ0n) is 12.2. The third kappa shape index (κ3) is 8.73. The van der Waals surface area contributed by atoms with E-state index >= 15 is 0 Å². The van der Waals surface area contributed by atoms with Crippen molar-refractivity contribution in [3.8, 4) is 0 Å². The number of nitrogen functional groups attached to an aromatic ring is 1. The number of aromatic nitrogens is 2. The van der Waals surface area contributed by atoms with Crippen LogP contribution in [0.3, 0.4) is 0 Å². The molecular formula is C11H11N5O6S3. The topological polar surface area (TPSA) is 171 Å². The average Bonchev–Trinajstić information content (AvgIpc) is 2.97. The average molecular weight is 405 g/mol. The first-order valence-electron chi connectivity index (χ1n) is 6.12. The fraction of sp³-hybridized carbons (Fsp3) is 0.0909. The van der Waals surface area contributed by atoms with Gasteiger partial charge in [-0.25, -0.2) is 4.79 Å². The summed E-state index contributed by atoms with van der Waals surface area (Å²) >= 11 is 5.95. The smallest absolute Gasteiger partial charge is 0.335 e. The van der Waals surface area contributed by atoms with E-state index in [2.05, 4.69) is 32.4 Å². The van der Waals surface area contributed by atoms with Gasteiger partial charge in [-0.3, -0.25) is 9.52 Å². The van der Waals surface area contributed by atoms with Crippen LogP contribution in [0.1, 0.15) is 10.4 Å². The number of nitrogens with one attached hydrogen (secondary N) is 1.